The maximum absolute atomic E-state index is 14.0. The van der Waals surface area contributed by atoms with Gasteiger partial charge in [-0.1, -0.05) is 32.0 Å². The third kappa shape index (κ3) is 4.78. The van der Waals surface area contributed by atoms with E-state index in [0.29, 0.717) is 51.5 Å². The maximum atomic E-state index is 14.0. The minimum absolute atomic E-state index is 0.0292. The number of pyridine rings is 1. The second kappa shape index (κ2) is 10.2. The molecule has 2 heterocycles. The fourth-order valence-corrected chi connectivity index (χ4v) is 10.2. The van der Waals surface area contributed by atoms with Crippen LogP contribution in [-0.2, 0) is 16.6 Å². The van der Waals surface area contributed by atoms with E-state index < -0.39 is 21.0 Å². The molecule has 2 aromatic rings. The van der Waals surface area contributed by atoms with Crippen molar-refractivity contribution in [3.63, 3.8) is 0 Å². The average molecular weight is 541 g/mol. The van der Waals surface area contributed by atoms with Crippen LogP contribution in [0.1, 0.15) is 57.6 Å². The molecular formula is C30H44N4O3S. The summed E-state index contributed by atoms with van der Waals surface area (Å²) in [5.74, 6) is 0.370. The van der Waals surface area contributed by atoms with Crippen molar-refractivity contribution in [2.24, 2.45) is 16.7 Å². The highest BCUT2D eigenvalue weighted by atomic mass is 32.2. The number of sulfonamides is 1. The van der Waals surface area contributed by atoms with Crippen LogP contribution in [0.15, 0.2) is 48.8 Å². The number of benzene rings is 1. The fraction of sp³-hybridized carbons (Fsp3) is 0.633. The monoisotopic (exact) mass is 540 g/mol. The number of nitrogens with zero attached hydrogens (tertiary/aromatic N) is 3. The molecular weight excluding hydrogens is 496 g/mol. The quantitative estimate of drug-likeness (QED) is 0.501. The lowest BCUT2D eigenvalue weighted by Gasteiger charge is -2.49. The second-order valence-corrected chi connectivity index (χ2v) is 14.5. The molecule has 1 saturated heterocycles. The number of aliphatic hydroxyl groups is 1. The lowest BCUT2D eigenvalue weighted by Crippen LogP contribution is -2.58. The number of hydrogen-bond donors (Lipinski definition) is 2. The fourth-order valence-electron chi connectivity index (χ4n) is 7.86. The van der Waals surface area contributed by atoms with Crippen LogP contribution in [0.25, 0.3) is 0 Å². The van der Waals surface area contributed by atoms with E-state index in [9.17, 15) is 13.5 Å². The Balaban J connectivity index is 1.30. The van der Waals surface area contributed by atoms with E-state index in [1.165, 1.54) is 11.3 Å². The average Bonchev–Trinajstić information content (AvgIpc) is 3.21. The third-order valence-corrected chi connectivity index (χ3v) is 12.2. The predicted molar refractivity (Wildman–Crippen MR) is 152 cm³/mol. The van der Waals surface area contributed by atoms with Crippen LogP contribution < -0.4 is 10.2 Å². The Morgan fingerprint density at radius 1 is 1.11 bits per heavy atom. The smallest absolute Gasteiger partial charge is 0.214 e. The number of aromatic nitrogens is 1. The van der Waals surface area contributed by atoms with E-state index in [1.54, 1.807) is 16.7 Å². The van der Waals surface area contributed by atoms with E-state index in [1.807, 2.05) is 24.3 Å². The number of nitrogens with one attached hydrogen (secondary N) is 1. The number of aryl methyl sites for hydroxylation is 1. The van der Waals surface area contributed by atoms with Gasteiger partial charge >= 0.3 is 0 Å². The summed E-state index contributed by atoms with van der Waals surface area (Å²) in [6.45, 7) is 11.6. The molecule has 1 aromatic heterocycles. The molecule has 0 spiro atoms. The van der Waals surface area contributed by atoms with Crippen LogP contribution in [0, 0.1) is 23.7 Å². The number of para-hydroxylation sites is 1. The predicted octanol–water partition coefficient (Wildman–Crippen LogP) is 3.97. The number of fused-ring (bicyclic) bond motifs is 2. The molecule has 1 aromatic carbocycles. The largest absolute Gasteiger partial charge is 0.389 e. The number of piperazine rings is 1. The SMILES string of the molecule is Cc1ccccc1N1CCN(S(=O)(=O)CC23CCC(CC2(O)CC(C)NCc2ccncc2)C3(C)C)CC1. The van der Waals surface area contributed by atoms with Gasteiger partial charge in [-0.25, -0.2) is 8.42 Å². The molecule has 3 fully saturated rings. The van der Waals surface area contributed by atoms with Gasteiger partial charge in [-0.15, -0.1) is 0 Å². The molecule has 0 radical (unpaired) electrons. The summed E-state index contributed by atoms with van der Waals surface area (Å²) >= 11 is 0. The zero-order valence-corrected chi connectivity index (χ0v) is 24.2. The second-order valence-electron chi connectivity index (χ2n) is 12.5. The van der Waals surface area contributed by atoms with E-state index in [4.69, 9.17) is 0 Å². The molecule has 2 N–H and O–H groups in total. The highest BCUT2D eigenvalue weighted by molar-refractivity contribution is 7.89. The van der Waals surface area contributed by atoms with Gasteiger partial charge in [-0.2, -0.15) is 4.31 Å². The highest BCUT2D eigenvalue weighted by Crippen LogP contribution is 2.71. The molecule has 4 atom stereocenters. The van der Waals surface area contributed by atoms with Crippen molar-refractivity contribution in [3.05, 3.63) is 59.9 Å². The highest BCUT2D eigenvalue weighted by Gasteiger charge is 2.71. The zero-order valence-electron chi connectivity index (χ0n) is 23.4. The molecule has 208 valence electrons. The minimum Gasteiger partial charge on any atom is -0.389 e. The first kappa shape index (κ1) is 27.6. The van der Waals surface area contributed by atoms with Crippen LogP contribution >= 0.6 is 0 Å². The number of hydrogen-bond acceptors (Lipinski definition) is 6. The Bertz CT molecular complexity index is 1230. The van der Waals surface area contributed by atoms with Gasteiger partial charge in [-0.05, 0) is 80.2 Å². The summed E-state index contributed by atoms with van der Waals surface area (Å²) < 4.78 is 29.6. The number of rotatable bonds is 9. The third-order valence-electron chi connectivity index (χ3n) is 10.2. The van der Waals surface area contributed by atoms with Crippen LogP contribution in [-0.4, -0.2) is 66.4 Å². The van der Waals surface area contributed by atoms with Gasteiger partial charge in [0.1, 0.15) is 0 Å². The Kier molecular flexibility index (Phi) is 7.39. The van der Waals surface area contributed by atoms with Crippen LogP contribution in [0.2, 0.25) is 0 Å². The van der Waals surface area contributed by atoms with Gasteiger partial charge in [-0.3, -0.25) is 4.98 Å². The summed E-state index contributed by atoms with van der Waals surface area (Å²) in [4.78, 5) is 6.37. The van der Waals surface area contributed by atoms with Crippen LogP contribution in [0.5, 0.6) is 0 Å². The van der Waals surface area contributed by atoms with Gasteiger partial charge in [0.15, 0.2) is 0 Å². The van der Waals surface area contributed by atoms with E-state index in [2.05, 4.69) is 55.0 Å². The Labute approximate surface area is 228 Å². The van der Waals surface area contributed by atoms with Gasteiger partial charge in [0.05, 0.1) is 11.4 Å². The topological polar surface area (TPSA) is 85.8 Å². The summed E-state index contributed by atoms with van der Waals surface area (Å²) in [5, 5.41) is 15.8. The summed E-state index contributed by atoms with van der Waals surface area (Å²) in [6, 6.07) is 12.3. The van der Waals surface area contributed by atoms with Crippen molar-refractivity contribution in [3.8, 4) is 0 Å². The van der Waals surface area contributed by atoms with E-state index in [0.717, 1.165) is 18.4 Å². The van der Waals surface area contributed by atoms with Crippen LogP contribution in [0.3, 0.4) is 0 Å². The molecule has 2 bridgehead atoms. The molecule has 0 amide bonds. The Morgan fingerprint density at radius 2 is 1.79 bits per heavy atom. The summed E-state index contributed by atoms with van der Waals surface area (Å²) in [7, 11) is -3.54. The molecule has 2 aliphatic carbocycles. The normalized spacial score (nSPS) is 30.0. The van der Waals surface area contributed by atoms with Crippen molar-refractivity contribution in [1.82, 2.24) is 14.6 Å². The molecule has 38 heavy (non-hydrogen) atoms. The Morgan fingerprint density at radius 3 is 2.45 bits per heavy atom. The molecule has 2 saturated carbocycles. The zero-order chi connectivity index (χ0) is 27.2. The Hall–Kier alpha value is -2.00. The first-order chi connectivity index (χ1) is 18.0. The first-order valence-corrected chi connectivity index (χ1v) is 15.7. The summed E-state index contributed by atoms with van der Waals surface area (Å²) in [5.41, 5.74) is 1.64. The van der Waals surface area contributed by atoms with E-state index in [-0.39, 0.29) is 17.2 Å². The van der Waals surface area contributed by atoms with Crippen LogP contribution in [0.4, 0.5) is 5.69 Å². The molecule has 8 heteroatoms. The number of anilines is 1. The van der Waals surface area contributed by atoms with Crippen molar-refractivity contribution in [1.29, 1.82) is 0 Å². The van der Waals surface area contributed by atoms with Crippen molar-refractivity contribution < 1.29 is 13.5 Å². The van der Waals surface area contributed by atoms with Crippen molar-refractivity contribution >= 4 is 15.7 Å². The van der Waals surface area contributed by atoms with Crippen molar-refractivity contribution in [2.75, 3.05) is 36.8 Å². The molecule has 3 aliphatic rings. The van der Waals surface area contributed by atoms with Gasteiger partial charge in [0.2, 0.25) is 10.0 Å². The van der Waals surface area contributed by atoms with Gasteiger partial charge in [0, 0.05) is 62.3 Å². The van der Waals surface area contributed by atoms with E-state index >= 15 is 0 Å². The maximum Gasteiger partial charge on any atom is 0.214 e. The van der Waals surface area contributed by atoms with Gasteiger partial charge < -0.3 is 15.3 Å². The molecule has 7 nitrogen and oxygen atoms in total. The lowest BCUT2D eigenvalue weighted by atomic mass is 9.62. The first-order valence-electron chi connectivity index (χ1n) is 14.1. The van der Waals surface area contributed by atoms with Crippen molar-refractivity contribution in [2.45, 2.75) is 71.6 Å². The standard InChI is InChI=1S/C30H44N4O3S/c1-23-7-5-6-8-27(23)33-15-17-34(18-16-33)38(36,37)22-29-12-9-26(28(29,3)4)20-30(29,35)19-24(2)32-21-25-10-13-31-14-11-25/h5-8,10-11,13-14,24,26,32,35H,9,12,15-22H2,1-4H3. The minimum atomic E-state index is -3.54. The molecule has 5 rings (SSSR count). The molecule has 4 unspecified atom stereocenters. The lowest BCUT2D eigenvalue weighted by molar-refractivity contribution is -0.0974. The molecule has 1 aliphatic heterocycles. The summed E-state index contributed by atoms with van der Waals surface area (Å²) in [6.07, 6.45) is 6.56. The van der Waals surface area contributed by atoms with Gasteiger partial charge in [0.25, 0.3) is 0 Å².